The molecule has 4 aromatic rings. The standard InChI is InChI=1S/C23H23N5O3/c1-14-5-7-15(8-6-14)26-23-27-17-12-21(20(30-4)13-19(17)28(23)3)31-16-9-10-25-18(11-16)22(29)24-2/h5-13H,1-4H3,(H,24,29)(H,26,27). The molecule has 0 atom stereocenters. The monoisotopic (exact) mass is 417 g/mol. The maximum atomic E-state index is 11.9. The van der Waals surface area contributed by atoms with E-state index in [0.717, 1.165) is 16.7 Å². The van der Waals surface area contributed by atoms with E-state index in [9.17, 15) is 4.79 Å². The number of imidazole rings is 1. The first kappa shape index (κ1) is 20.2. The quantitative estimate of drug-likeness (QED) is 0.489. The van der Waals surface area contributed by atoms with E-state index >= 15 is 0 Å². The summed E-state index contributed by atoms with van der Waals surface area (Å²) in [4.78, 5) is 20.6. The van der Waals surface area contributed by atoms with Gasteiger partial charge in [0.05, 0.1) is 18.1 Å². The highest BCUT2D eigenvalue weighted by atomic mass is 16.5. The van der Waals surface area contributed by atoms with Gasteiger partial charge in [-0.15, -0.1) is 0 Å². The number of carbonyl (C=O) groups is 1. The third kappa shape index (κ3) is 4.13. The number of nitrogens with one attached hydrogen (secondary N) is 2. The van der Waals surface area contributed by atoms with Gasteiger partial charge in [-0.1, -0.05) is 17.7 Å². The Morgan fingerprint density at radius 3 is 2.55 bits per heavy atom. The lowest BCUT2D eigenvalue weighted by Crippen LogP contribution is -2.18. The molecule has 0 aliphatic rings. The minimum Gasteiger partial charge on any atom is -0.493 e. The molecule has 0 aliphatic heterocycles. The summed E-state index contributed by atoms with van der Waals surface area (Å²) in [7, 11) is 5.07. The Hall–Kier alpha value is -4.07. The van der Waals surface area contributed by atoms with Gasteiger partial charge in [0.2, 0.25) is 5.95 Å². The fourth-order valence-electron chi connectivity index (χ4n) is 3.17. The van der Waals surface area contributed by atoms with Gasteiger partial charge in [-0.2, -0.15) is 0 Å². The molecule has 0 saturated carbocycles. The molecular formula is C23H23N5O3. The second kappa shape index (κ2) is 8.35. The van der Waals surface area contributed by atoms with E-state index in [1.54, 1.807) is 26.3 Å². The summed E-state index contributed by atoms with van der Waals surface area (Å²) in [6, 6.07) is 15.1. The highest BCUT2D eigenvalue weighted by molar-refractivity contribution is 5.92. The van der Waals surface area contributed by atoms with Crippen LogP contribution in [0, 0.1) is 6.92 Å². The topological polar surface area (TPSA) is 90.3 Å². The first-order valence-electron chi connectivity index (χ1n) is 9.72. The van der Waals surface area contributed by atoms with E-state index in [-0.39, 0.29) is 11.6 Å². The van der Waals surface area contributed by atoms with Crippen LogP contribution in [0.1, 0.15) is 16.1 Å². The summed E-state index contributed by atoms with van der Waals surface area (Å²) in [5.41, 5.74) is 4.04. The fraction of sp³-hybridized carbons (Fsp3) is 0.174. The normalized spacial score (nSPS) is 10.7. The third-order valence-corrected chi connectivity index (χ3v) is 4.89. The summed E-state index contributed by atoms with van der Waals surface area (Å²) in [6.07, 6.45) is 1.52. The molecule has 2 aromatic heterocycles. The first-order valence-corrected chi connectivity index (χ1v) is 9.72. The number of pyridine rings is 1. The van der Waals surface area contributed by atoms with E-state index in [1.165, 1.54) is 11.8 Å². The number of anilines is 2. The zero-order chi connectivity index (χ0) is 22.0. The van der Waals surface area contributed by atoms with Crippen LogP contribution < -0.4 is 20.1 Å². The molecule has 8 nitrogen and oxygen atoms in total. The Bertz CT molecular complexity index is 1250. The van der Waals surface area contributed by atoms with Gasteiger partial charge in [0.25, 0.3) is 5.91 Å². The van der Waals surface area contributed by atoms with E-state index in [0.29, 0.717) is 23.2 Å². The van der Waals surface area contributed by atoms with Gasteiger partial charge in [0.1, 0.15) is 11.4 Å². The summed E-state index contributed by atoms with van der Waals surface area (Å²) < 4.78 is 13.5. The number of aromatic nitrogens is 3. The van der Waals surface area contributed by atoms with Gasteiger partial charge in [-0.25, -0.2) is 4.98 Å². The lowest BCUT2D eigenvalue weighted by molar-refractivity contribution is 0.0958. The summed E-state index contributed by atoms with van der Waals surface area (Å²) in [5.74, 6) is 1.92. The molecule has 2 heterocycles. The van der Waals surface area contributed by atoms with Crippen molar-refractivity contribution in [2.45, 2.75) is 6.92 Å². The maximum absolute atomic E-state index is 11.9. The average molecular weight is 417 g/mol. The summed E-state index contributed by atoms with van der Waals surface area (Å²) >= 11 is 0. The minimum atomic E-state index is -0.288. The molecule has 0 bridgehead atoms. The average Bonchev–Trinajstić information content (AvgIpc) is 3.08. The molecular weight excluding hydrogens is 394 g/mol. The van der Waals surface area contributed by atoms with Crippen molar-refractivity contribution in [3.63, 3.8) is 0 Å². The SMILES string of the molecule is CNC(=O)c1cc(Oc2cc3nc(Nc4ccc(C)cc4)n(C)c3cc2OC)ccn1. The molecule has 0 aliphatic carbocycles. The van der Waals surface area contributed by atoms with Crippen molar-refractivity contribution in [3.05, 3.63) is 66.0 Å². The number of fused-ring (bicyclic) bond motifs is 1. The molecule has 2 aromatic carbocycles. The van der Waals surface area contributed by atoms with Gasteiger partial charge in [0, 0.05) is 44.2 Å². The van der Waals surface area contributed by atoms with E-state index in [4.69, 9.17) is 14.5 Å². The first-order chi connectivity index (χ1) is 15.0. The van der Waals surface area contributed by atoms with Gasteiger partial charge in [-0.3, -0.25) is 9.78 Å². The van der Waals surface area contributed by atoms with Gasteiger partial charge >= 0.3 is 0 Å². The zero-order valence-corrected chi connectivity index (χ0v) is 17.8. The van der Waals surface area contributed by atoms with Crippen molar-refractivity contribution in [1.29, 1.82) is 0 Å². The summed E-state index contributed by atoms with van der Waals surface area (Å²) in [5, 5.41) is 5.89. The molecule has 0 fully saturated rings. The molecule has 31 heavy (non-hydrogen) atoms. The Kier molecular flexibility index (Phi) is 5.44. The second-order valence-corrected chi connectivity index (χ2v) is 7.04. The van der Waals surface area contributed by atoms with Crippen molar-refractivity contribution < 1.29 is 14.3 Å². The van der Waals surface area contributed by atoms with Crippen molar-refractivity contribution in [3.8, 4) is 17.2 Å². The van der Waals surface area contributed by atoms with Crippen LogP contribution in [-0.2, 0) is 7.05 Å². The minimum absolute atomic E-state index is 0.266. The maximum Gasteiger partial charge on any atom is 0.269 e. The fourth-order valence-corrected chi connectivity index (χ4v) is 3.17. The van der Waals surface area contributed by atoms with E-state index < -0.39 is 0 Å². The van der Waals surface area contributed by atoms with Crippen molar-refractivity contribution in [1.82, 2.24) is 19.9 Å². The number of amides is 1. The van der Waals surface area contributed by atoms with E-state index in [2.05, 4.69) is 15.6 Å². The summed E-state index contributed by atoms with van der Waals surface area (Å²) in [6.45, 7) is 2.05. The van der Waals surface area contributed by atoms with Crippen LogP contribution in [0.25, 0.3) is 11.0 Å². The molecule has 1 amide bonds. The van der Waals surface area contributed by atoms with Crippen LogP contribution in [0.5, 0.6) is 17.2 Å². The van der Waals surface area contributed by atoms with Crippen LogP contribution in [0.15, 0.2) is 54.7 Å². The van der Waals surface area contributed by atoms with E-state index in [1.807, 2.05) is 54.9 Å². The number of nitrogens with zero attached hydrogens (tertiary/aromatic N) is 3. The van der Waals surface area contributed by atoms with Gasteiger partial charge in [-0.05, 0) is 25.1 Å². The highest BCUT2D eigenvalue weighted by Gasteiger charge is 2.15. The molecule has 0 saturated heterocycles. The lowest BCUT2D eigenvalue weighted by Gasteiger charge is -2.11. The van der Waals surface area contributed by atoms with Gasteiger partial charge < -0.3 is 24.7 Å². The number of ether oxygens (including phenoxy) is 2. The van der Waals surface area contributed by atoms with Crippen LogP contribution >= 0.6 is 0 Å². The Balaban J connectivity index is 1.68. The van der Waals surface area contributed by atoms with Crippen LogP contribution in [0.4, 0.5) is 11.6 Å². The Morgan fingerprint density at radius 2 is 1.84 bits per heavy atom. The Morgan fingerprint density at radius 1 is 1.06 bits per heavy atom. The Labute approximate surface area is 179 Å². The lowest BCUT2D eigenvalue weighted by atomic mass is 10.2. The molecule has 8 heteroatoms. The number of hydrogen-bond acceptors (Lipinski definition) is 6. The highest BCUT2D eigenvalue weighted by Crippen LogP contribution is 2.36. The van der Waals surface area contributed by atoms with Crippen LogP contribution in [0.3, 0.4) is 0 Å². The predicted octanol–water partition coefficient (Wildman–Crippen LogP) is 4.18. The van der Waals surface area contributed by atoms with Crippen LogP contribution in [0.2, 0.25) is 0 Å². The third-order valence-electron chi connectivity index (χ3n) is 4.89. The molecule has 2 N–H and O–H groups in total. The molecule has 158 valence electrons. The molecule has 4 rings (SSSR count). The number of methoxy groups -OCH3 is 1. The number of benzene rings is 2. The smallest absolute Gasteiger partial charge is 0.269 e. The number of aryl methyl sites for hydroxylation is 2. The largest absolute Gasteiger partial charge is 0.493 e. The molecule has 0 spiro atoms. The number of carbonyl (C=O) groups excluding carboxylic acids is 1. The number of rotatable bonds is 6. The molecule has 0 radical (unpaired) electrons. The van der Waals surface area contributed by atoms with Crippen molar-refractivity contribution in [2.75, 3.05) is 19.5 Å². The van der Waals surface area contributed by atoms with Crippen molar-refractivity contribution in [2.24, 2.45) is 7.05 Å². The molecule has 0 unspecified atom stereocenters. The second-order valence-electron chi connectivity index (χ2n) is 7.04. The van der Waals surface area contributed by atoms with Crippen LogP contribution in [-0.4, -0.2) is 34.6 Å². The van der Waals surface area contributed by atoms with Crippen molar-refractivity contribution >= 4 is 28.6 Å². The van der Waals surface area contributed by atoms with Gasteiger partial charge in [0.15, 0.2) is 11.5 Å². The predicted molar refractivity (Wildman–Crippen MR) is 119 cm³/mol. The number of hydrogen-bond donors (Lipinski definition) is 2. The zero-order valence-electron chi connectivity index (χ0n) is 17.8.